The largest absolute Gasteiger partial charge is 0.310 e. The quantitative estimate of drug-likeness (QED) is 0.153. The van der Waals surface area contributed by atoms with Gasteiger partial charge in [-0.2, -0.15) is 0 Å². The number of hydrogen-bond donors (Lipinski definition) is 0. The van der Waals surface area contributed by atoms with Crippen LogP contribution in [0.5, 0.6) is 0 Å². The van der Waals surface area contributed by atoms with Crippen LogP contribution in [0.1, 0.15) is 25.0 Å². The number of benzene rings is 10. The first-order valence-electron chi connectivity index (χ1n) is 21.3. The van der Waals surface area contributed by atoms with E-state index in [1.165, 1.54) is 87.9 Å². The zero-order valence-electron chi connectivity index (χ0n) is 34.2. The first kappa shape index (κ1) is 35.3. The Morgan fingerprint density at radius 1 is 0.377 bits per heavy atom. The van der Waals surface area contributed by atoms with Gasteiger partial charge in [0.1, 0.15) is 0 Å². The van der Waals surface area contributed by atoms with Crippen molar-refractivity contribution in [2.45, 2.75) is 19.3 Å². The van der Waals surface area contributed by atoms with Crippen LogP contribution in [0.3, 0.4) is 0 Å². The highest BCUT2D eigenvalue weighted by Crippen LogP contribution is 2.53. The first-order valence-corrected chi connectivity index (χ1v) is 21.3. The van der Waals surface area contributed by atoms with E-state index < -0.39 is 0 Å². The third kappa shape index (κ3) is 5.42. The molecule has 0 unspecified atom stereocenters. The Labute approximate surface area is 356 Å². The van der Waals surface area contributed by atoms with Crippen LogP contribution in [-0.2, 0) is 5.41 Å². The summed E-state index contributed by atoms with van der Waals surface area (Å²) in [5, 5.41) is 7.46. The van der Waals surface area contributed by atoms with Gasteiger partial charge in [0, 0.05) is 38.8 Å². The summed E-state index contributed by atoms with van der Waals surface area (Å²) in [5.74, 6) is 0. The zero-order chi connectivity index (χ0) is 40.7. The molecule has 0 atom stereocenters. The maximum Gasteiger partial charge on any atom is 0.0546 e. The fourth-order valence-corrected chi connectivity index (χ4v) is 10.4. The van der Waals surface area contributed by atoms with Crippen molar-refractivity contribution in [3.05, 3.63) is 230 Å². The van der Waals surface area contributed by atoms with Gasteiger partial charge >= 0.3 is 0 Å². The van der Waals surface area contributed by atoms with Gasteiger partial charge in [-0.3, -0.25) is 0 Å². The predicted molar refractivity (Wildman–Crippen MR) is 259 cm³/mol. The summed E-state index contributed by atoms with van der Waals surface area (Å²) in [6.07, 6.45) is 0. The average Bonchev–Trinajstić information content (AvgIpc) is 3.77. The van der Waals surface area contributed by atoms with Crippen LogP contribution in [0.4, 0.5) is 17.1 Å². The van der Waals surface area contributed by atoms with E-state index in [4.69, 9.17) is 0 Å². The molecular formula is C59H42N2. The fourth-order valence-electron chi connectivity index (χ4n) is 10.4. The summed E-state index contributed by atoms with van der Waals surface area (Å²) in [7, 11) is 0. The minimum Gasteiger partial charge on any atom is -0.310 e. The molecule has 0 fully saturated rings. The van der Waals surface area contributed by atoms with Crippen LogP contribution in [0.2, 0.25) is 0 Å². The molecule has 2 heteroatoms. The van der Waals surface area contributed by atoms with Crippen LogP contribution >= 0.6 is 0 Å². The number of rotatable bonds is 6. The second kappa shape index (κ2) is 13.7. The SMILES string of the molecule is CC1(C)c2ccccc2-c2ccc(N(c3ccc4c(c3)c3ccccc3n4-c3ccccc3)c3cccc(-c4cc5ccccc5c5ccccc45)c3-c3ccccc3)cc21. The lowest BCUT2D eigenvalue weighted by Crippen LogP contribution is -2.17. The molecular weight excluding hydrogens is 737 g/mol. The molecule has 12 rings (SSSR count). The third-order valence-corrected chi connectivity index (χ3v) is 13.2. The first-order chi connectivity index (χ1) is 30.0. The second-order valence-electron chi connectivity index (χ2n) is 16.9. The van der Waals surface area contributed by atoms with E-state index in [0.717, 1.165) is 22.7 Å². The lowest BCUT2D eigenvalue weighted by molar-refractivity contribution is 0.660. The highest BCUT2D eigenvalue weighted by Gasteiger charge is 2.36. The van der Waals surface area contributed by atoms with E-state index in [-0.39, 0.29) is 5.41 Å². The number of para-hydroxylation sites is 2. The van der Waals surface area contributed by atoms with Crippen molar-refractivity contribution in [2.75, 3.05) is 4.90 Å². The Hall–Kier alpha value is -7.68. The molecule has 0 amide bonds. The van der Waals surface area contributed by atoms with Crippen molar-refractivity contribution >= 4 is 60.4 Å². The van der Waals surface area contributed by atoms with E-state index in [0.29, 0.717) is 0 Å². The molecule has 61 heavy (non-hydrogen) atoms. The summed E-state index contributed by atoms with van der Waals surface area (Å²) in [6, 6.07) is 80.6. The van der Waals surface area contributed by atoms with Crippen LogP contribution in [0, 0.1) is 0 Å². The fraction of sp³-hybridized carbons (Fsp3) is 0.0508. The minimum atomic E-state index is -0.158. The normalized spacial score (nSPS) is 12.9. The Kier molecular flexibility index (Phi) is 7.92. The van der Waals surface area contributed by atoms with Gasteiger partial charge in [-0.15, -0.1) is 0 Å². The van der Waals surface area contributed by atoms with Crippen molar-refractivity contribution in [2.24, 2.45) is 0 Å². The second-order valence-corrected chi connectivity index (χ2v) is 16.9. The standard InChI is InChI=1S/C59H42N2/c1-59(2)53-29-15-13-26-47(53)48-34-32-43(38-54(48)59)60(42-33-35-56-52(37-42)49-27-14-16-30-55(49)61(56)41-21-7-4-8-22-41)57-31-17-28-50(58(57)39-18-5-3-6-19-39)51-36-40-20-9-10-23-44(40)45-24-11-12-25-46(45)51/h3-38H,1-2H3. The van der Waals surface area contributed by atoms with Crippen molar-refractivity contribution < 1.29 is 0 Å². The van der Waals surface area contributed by atoms with Crippen molar-refractivity contribution in [3.63, 3.8) is 0 Å². The number of fused-ring (bicyclic) bond motifs is 9. The summed E-state index contributed by atoms with van der Waals surface area (Å²) in [6.45, 7) is 4.74. The molecule has 1 aliphatic carbocycles. The van der Waals surface area contributed by atoms with E-state index in [1.54, 1.807) is 0 Å². The highest BCUT2D eigenvalue weighted by molar-refractivity contribution is 6.16. The molecule has 0 radical (unpaired) electrons. The molecule has 11 aromatic rings. The summed E-state index contributed by atoms with van der Waals surface area (Å²) >= 11 is 0. The highest BCUT2D eigenvalue weighted by atomic mass is 15.1. The van der Waals surface area contributed by atoms with Crippen molar-refractivity contribution in [1.82, 2.24) is 4.57 Å². The van der Waals surface area contributed by atoms with E-state index in [1.807, 2.05) is 0 Å². The van der Waals surface area contributed by atoms with Gasteiger partial charge in [0.2, 0.25) is 0 Å². The van der Waals surface area contributed by atoms with Gasteiger partial charge in [-0.25, -0.2) is 0 Å². The summed E-state index contributed by atoms with van der Waals surface area (Å²) in [5.41, 5.74) is 16.9. The molecule has 2 nitrogen and oxygen atoms in total. The minimum absolute atomic E-state index is 0.158. The molecule has 0 N–H and O–H groups in total. The average molecular weight is 779 g/mol. The maximum atomic E-state index is 2.52. The van der Waals surface area contributed by atoms with Crippen LogP contribution in [0.25, 0.3) is 82.4 Å². The van der Waals surface area contributed by atoms with E-state index >= 15 is 0 Å². The number of nitrogens with zero attached hydrogens (tertiary/aromatic N) is 2. The van der Waals surface area contributed by atoms with Gasteiger partial charge in [0.25, 0.3) is 0 Å². The summed E-state index contributed by atoms with van der Waals surface area (Å²) in [4.78, 5) is 2.52. The van der Waals surface area contributed by atoms with Gasteiger partial charge in [-0.05, 0) is 121 Å². The van der Waals surface area contributed by atoms with Crippen molar-refractivity contribution in [3.8, 4) is 39.1 Å². The lowest BCUT2D eigenvalue weighted by Gasteiger charge is -2.31. The smallest absolute Gasteiger partial charge is 0.0546 e. The van der Waals surface area contributed by atoms with Crippen LogP contribution in [-0.4, -0.2) is 4.57 Å². The van der Waals surface area contributed by atoms with Gasteiger partial charge in [-0.1, -0.05) is 172 Å². The predicted octanol–water partition coefficient (Wildman–Crippen LogP) is 16.2. The molecule has 0 aliphatic heterocycles. The third-order valence-electron chi connectivity index (χ3n) is 13.2. The molecule has 0 saturated heterocycles. The monoisotopic (exact) mass is 778 g/mol. The molecule has 10 aromatic carbocycles. The molecule has 288 valence electrons. The lowest BCUT2D eigenvalue weighted by atomic mass is 9.82. The Balaban J connectivity index is 1.17. The molecule has 1 aromatic heterocycles. The van der Waals surface area contributed by atoms with Crippen LogP contribution in [0.15, 0.2) is 218 Å². The maximum absolute atomic E-state index is 2.52. The number of aromatic nitrogens is 1. The Bertz CT molecular complexity index is 3500. The zero-order valence-corrected chi connectivity index (χ0v) is 34.2. The molecule has 0 bridgehead atoms. The van der Waals surface area contributed by atoms with Crippen LogP contribution < -0.4 is 4.90 Å². The molecule has 0 spiro atoms. The Morgan fingerprint density at radius 2 is 0.984 bits per heavy atom. The molecule has 0 saturated carbocycles. The summed E-state index contributed by atoms with van der Waals surface area (Å²) < 4.78 is 2.40. The van der Waals surface area contributed by atoms with E-state index in [9.17, 15) is 0 Å². The molecule has 1 heterocycles. The van der Waals surface area contributed by atoms with E-state index in [2.05, 4.69) is 242 Å². The Morgan fingerprint density at radius 3 is 1.82 bits per heavy atom. The number of anilines is 3. The van der Waals surface area contributed by atoms with Crippen molar-refractivity contribution in [1.29, 1.82) is 0 Å². The topological polar surface area (TPSA) is 8.17 Å². The van der Waals surface area contributed by atoms with Gasteiger partial charge in [0.15, 0.2) is 0 Å². The number of hydrogen-bond acceptors (Lipinski definition) is 1. The molecule has 1 aliphatic rings. The van der Waals surface area contributed by atoms with Gasteiger partial charge in [0.05, 0.1) is 16.7 Å². The van der Waals surface area contributed by atoms with Gasteiger partial charge < -0.3 is 9.47 Å².